The Bertz CT molecular complexity index is 1200. The number of β-lactam (4-membered cyclic amide) rings is 1. The van der Waals surface area contributed by atoms with Gasteiger partial charge in [-0.2, -0.15) is 0 Å². The molecule has 8 heteroatoms. The summed E-state index contributed by atoms with van der Waals surface area (Å²) in [6.07, 6.45) is 0.663. The maximum atomic E-state index is 13.6. The Labute approximate surface area is 214 Å². The van der Waals surface area contributed by atoms with Gasteiger partial charge in [0, 0.05) is 17.7 Å². The van der Waals surface area contributed by atoms with Crippen LogP contribution in [0, 0.1) is 11.8 Å². The molecule has 3 aliphatic heterocycles. The Morgan fingerprint density at radius 3 is 2.28 bits per heavy atom. The van der Waals surface area contributed by atoms with Gasteiger partial charge in [-0.3, -0.25) is 9.59 Å². The maximum absolute atomic E-state index is 13.6. The molecular weight excluding hydrogens is 476 g/mol. The number of ether oxygens (including phenoxy) is 1. The Morgan fingerprint density at radius 2 is 1.72 bits per heavy atom. The lowest BCUT2D eigenvalue weighted by Gasteiger charge is -2.47. The minimum absolute atomic E-state index is 0.0309. The molecule has 0 spiro atoms. The number of hydrogen-bond acceptors (Lipinski definition) is 6. The largest absolute Gasteiger partial charge is 0.451 e. The van der Waals surface area contributed by atoms with Gasteiger partial charge >= 0.3 is 5.97 Å². The summed E-state index contributed by atoms with van der Waals surface area (Å²) in [5.74, 6) is 4.41. The van der Waals surface area contributed by atoms with E-state index < -0.39 is 39.7 Å². The van der Waals surface area contributed by atoms with E-state index in [0.717, 1.165) is 17.5 Å². The Kier molecular flexibility index (Phi) is 6.31. The summed E-state index contributed by atoms with van der Waals surface area (Å²) in [5, 5.41) is 10.4. The van der Waals surface area contributed by atoms with Crippen LogP contribution in [0.3, 0.4) is 0 Å². The van der Waals surface area contributed by atoms with Crippen molar-refractivity contribution in [3.8, 4) is 11.8 Å². The van der Waals surface area contributed by atoms with Crippen LogP contribution in [-0.2, 0) is 19.1 Å². The predicted octanol–water partition coefficient (Wildman–Crippen LogP) is 2.74. The van der Waals surface area contributed by atoms with Crippen LogP contribution >= 0.6 is 11.8 Å². The summed E-state index contributed by atoms with van der Waals surface area (Å²) in [4.78, 5) is 41.6. The van der Waals surface area contributed by atoms with Crippen molar-refractivity contribution in [3.63, 3.8) is 0 Å². The van der Waals surface area contributed by atoms with E-state index in [4.69, 9.17) is 4.74 Å². The van der Waals surface area contributed by atoms with Crippen LogP contribution in [0.2, 0.25) is 0 Å². The van der Waals surface area contributed by atoms with Gasteiger partial charge in [0.2, 0.25) is 11.5 Å². The highest BCUT2D eigenvalue weighted by Crippen LogP contribution is 2.55. The van der Waals surface area contributed by atoms with Gasteiger partial charge in [0.1, 0.15) is 11.4 Å². The molecule has 7 nitrogen and oxygen atoms in total. The number of amides is 2. The maximum Gasteiger partial charge on any atom is 0.331 e. The van der Waals surface area contributed by atoms with Crippen molar-refractivity contribution < 1.29 is 24.2 Å². The molecule has 2 aromatic carbocycles. The van der Waals surface area contributed by atoms with Crippen molar-refractivity contribution in [1.82, 2.24) is 9.80 Å². The average Bonchev–Trinajstić information content (AvgIpc) is 3.41. The van der Waals surface area contributed by atoms with E-state index in [1.807, 2.05) is 74.5 Å². The lowest BCUT2D eigenvalue weighted by atomic mass is 9.88. The summed E-state index contributed by atoms with van der Waals surface area (Å²) >= 11 is 1.34. The number of carbonyl (C=O) groups is 3. The number of rotatable bonds is 5. The first-order chi connectivity index (χ1) is 17.2. The highest BCUT2D eigenvalue weighted by atomic mass is 32.2. The standard InChI is InChI=1S/C28H28N2O5S/c1-27(2)23(24(32)35-22(19-11-5-3-6-12-19)20-13-7-4-8-14-20)30-25(33)28(34,26(30)36-27)16-10-18-29-17-9-15-21(29)31/h3-8,11-14,22-23,26,34H,9,15,17-18H2,1-2H3/t23-,26+,28+/m0/s1. The smallest absolute Gasteiger partial charge is 0.331 e. The van der Waals surface area contributed by atoms with Crippen LogP contribution in [-0.4, -0.2) is 67.5 Å². The van der Waals surface area contributed by atoms with E-state index >= 15 is 0 Å². The van der Waals surface area contributed by atoms with E-state index in [1.165, 1.54) is 16.7 Å². The lowest BCUT2D eigenvalue weighted by molar-refractivity contribution is -0.181. The molecule has 1 N–H and O–H groups in total. The number of nitrogens with zero attached hydrogens (tertiary/aromatic N) is 2. The van der Waals surface area contributed by atoms with Crippen LogP contribution in [0.1, 0.15) is 43.9 Å². The van der Waals surface area contributed by atoms with Crippen molar-refractivity contribution in [2.24, 2.45) is 0 Å². The monoisotopic (exact) mass is 504 g/mol. The highest BCUT2D eigenvalue weighted by molar-refractivity contribution is 8.01. The molecule has 3 heterocycles. The van der Waals surface area contributed by atoms with Crippen molar-refractivity contribution in [3.05, 3.63) is 71.8 Å². The molecule has 2 amide bonds. The fourth-order valence-corrected chi connectivity index (χ4v) is 6.62. The first-order valence-corrected chi connectivity index (χ1v) is 12.9. The third-order valence-electron chi connectivity index (χ3n) is 6.90. The average molecular weight is 505 g/mol. The van der Waals surface area contributed by atoms with Gasteiger partial charge in [0.15, 0.2) is 6.10 Å². The molecule has 2 aromatic rings. The van der Waals surface area contributed by atoms with Crippen molar-refractivity contribution in [2.45, 2.75) is 54.6 Å². The number of likely N-dealkylation sites (tertiary alicyclic amines) is 1. The van der Waals surface area contributed by atoms with E-state index in [1.54, 1.807) is 4.90 Å². The number of aliphatic hydroxyl groups is 1. The molecule has 0 radical (unpaired) electrons. The molecule has 0 unspecified atom stereocenters. The van der Waals surface area contributed by atoms with Crippen LogP contribution in [0.5, 0.6) is 0 Å². The number of esters is 1. The van der Waals surface area contributed by atoms with Gasteiger partial charge in [-0.1, -0.05) is 72.5 Å². The predicted molar refractivity (Wildman–Crippen MR) is 135 cm³/mol. The molecule has 0 saturated carbocycles. The number of thioether (sulfide) groups is 1. The third-order valence-corrected chi connectivity index (χ3v) is 8.53. The molecule has 5 rings (SSSR count). The zero-order valence-electron chi connectivity index (χ0n) is 20.2. The fourth-order valence-electron chi connectivity index (χ4n) is 5.04. The number of carbonyl (C=O) groups excluding carboxylic acids is 3. The second-order valence-electron chi connectivity index (χ2n) is 9.81. The number of fused-ring (bicyclic) bond motifs is 1. The summed E-state index contributed by atoms with van der Waals surface area (Å²) in [6, 6.07) is 18.1. The molecule has 3 atom stereocenters. The zero-order chi connectivity index (χ0) is 25.5. The van der Waals surface area contributed by atoms with Gasteiger partial charge in [-0.05, 0) is 31.4 Å². The van der Waals surface area contributed by atoms with Crippen LogP contribution in [0.15, 0.2) is 60.7 Å². The highest BCUT2D eigenvalue weighted by Gasteiger charge is 2.71. The topological polar surface area (TPSA) is 87.2 Å². The summed E-state index contributed by atoms with van der Waals surface area (Å²) in [5.41, 5.74) is -0.241. The molecule has 186 valence electrons. The molecule has 0 aromatic heterocycles. The molecule has 0 aliphatic carbocycles. The number of hydrogen-bond donors (Lipinski definition) is 1. The molecule has 3 aliphatic rings. The summed E-state index contributed by atoms with van der Waals surface area (Å²) in [7, 11) is 0. The first-order valence-electron chi connectivity index (χ1n) is 12.0. The molecule has 3 fully saturated rings. The Hall–Kier alpha value is -3.28. The molecule has 36 heavy (non-hydrogen) atoms. The van der Waals surface area contributed by atoms with Crippen molar-refractivity contribution in [1.29, 1.82) is 0 Å². The SMILES string of the molecule is CC1(C)S[C@H]2N(C(=O)[C@]2(O)C#CCN2CCCC2=O)[C@H]1C(=O)OC(c1ccccc1)c1ccccc1. The van der Waals surface area contributed by atoms with Gasteiger partial charge in [-0.25, -0.2) is 4.79 Å². The normalized spacial score (nSPS) is 26.3. The van der Waals surface area contributed by atoms with E-state index in [2.05, 4.69) is 11.8 Å². The molecular formula is C28H28N2O5S. The van der Waals surface area contributed by atoms with Crippen LogP contribution in [0.4, 0.5) is 0 Å². The minimum Gasteiger partial charge on any atom is -0.451 e. The van der Waals surface area contributed by atoms with Gasteiger partial charge in [-0.15, -0.1) is 11.8 Å². The molecule has 0 bridgehead atoms. The second-order valence-corrected chi connectivity index (χ2v) is 11.5. The quantitative estimate of drug-likeness (QED) is 0.383. The van der Waals surface area contributed by atoms with Gasteiger partial charge < -0.3 is 19.6 Å². The zero-order valence-corrected chi connectivity index (χ0v) is 21.0. The van der Waals surface area contributed by atoms with Gasteiger partial charge in [0.25, 0.3) is 5.91 Å². The van der Waals surface area contributed by atoms with Crippen LogP contribution < -0.4 is 0 Å². The fraction of sp³-hybridized carbons (Fsp3) is 0.393. The number of benzene rings is 2. The summed E-state index contributed by atoms with van der Waals surface area (Å²) in [6.45, 7) is 4.55. The van der Waals surface area contributed by atoms with Crippen molar-refractivity contribution in [2.75, 3.05) is 13.1 Å². The minimum atomic E-state index is -1.89. The Balaban J connectivity index is 1.36. The lowest BCUT2D eigenvalue weighted by Crippen LogP contribution is -2.73. The first kappa shape index (κ1) is 24.4. The van der Waals surface area contributed by atoms with Crippen molar-refractivity contribution >= 4 is 29.5 Å². The third kappa shape index (κ3) is 4.16. The van der Waals surface area contributed by atoms with E-state index in [-0.39, 0.29) is 12.5 Å². The second kappa shape index (κ2) is 9.30. The van der Waals surface area contributed by atoms with E-state index in [9.17, 15) is 19.5 Å². The Morgan fingerprint density at radius 1 is 1.11 bits per heavy atom. The van der Waals surface area contributed by atoms with E-state index in [0.29, 0.717) is 13.0 Å². The molecule has 3 saturated heterocycles. The summed E-state index contributed by atoms with van der Waals surface area (Å²) < 4.78 is 5.36. The van der Waals surface area contributed by atoms with Gasteiger partial charge in [0.05, 0.1) is 6.54 Å². The van der Waals surface area contributed by atoms with Crippen LogP contribution in [0.25, 0.3) is 0 Å².